The average molecular weight is 588 g/mol. The van der Waals surface area contributed by atoms with Crippen LogP contribution in [0.1, 0.15) is 35.4 Å². The lowest BCUT2D eigenvalue weighted by molar-refractivity contribution is -0.310. The number of cyclic esters (lactones) is 1. The van der Waals surface area contributed by atoms with Crippen LogP contribution in [0.25, 0.3) is 0 Å². The molecule has 2 aliphatic rings. The first kappa shape index (κ1) is 29.4. The fourth-order valence-corrected chi connectivity index (χ4v) is 5.17. The zero-order valence-electron chi connectivity index (χ0n) is 23.0. The van der Waals surface area contributed by atoms with Crippen LogP contribution in [0, 0.1) is 0 Å². The second kappa shape index (κ2) is 12.8. The second-order valence-corrected chi connectivity index (χ2v) is 9.91. The van der Waals surface area contributed by atoms with Crippen molar-refractivity contribution in [1.29, 1.82) is 0 Å². The lowest BCUT2D eigenvalue weighted by atomic mass is 9.76. The Labute approximate surface area is 246 Å². The van der Waals surface area contributed by atoms with Gasteiger partial charge < -0.3 is 20.0 Å². The number of carbonyl (C=O) groups excluding carboxylic acids is 5. The molecule has 2 heterocycles. The van der Waals surface area contributed by atoms with E-state index in [1.165, 1.54) is 0 Å². The van der Waals surface area contributed by atoms with Crippen LogP contribution in [-0.4, -0.2) is 64.8 Å². The fraction of sp³-hybridized carbons (Fsp3) is 0.258. The minimum absolute atomic E-state index is 0.0336. The third-order valence-electron chi connectivity index (χ3n) is 7.21. The molecule has 5 rings (SSSR count). The number of ether oxygens (including phenoxy) is 2. The van der Waals surface area contributed by atoms with Gasteiger partial charge in [0.05, 0.1) is 12.5 Å². The molecule has 0 saturated carbocycles. The van der Waals surface area contributed by atoms with Gasteiger partial charge >= 0.3 is 23.9 Å². The van der Waals surface area contributed by atoms with Crippen molar-refractivity contribution in [3.05, 3.63) is 108 Å². The molecular weight excluding hydrogens is 558 g/mol. The number of rotatable bonds is 9. The summed E-state index contributed by atoms with van der Waals surface area (Å²) in [5, 5.41) is 0.301. The van der Waals surface area contributed by atoms with Crippen LogP contribution >= 0.6 is 0 Å². The predicted octanol–water partition coefficient (Wildman–Crippen LogP) is 2.62. The summed E-state index contributed by atoms with van der Waals surface area (Å²) in [7, 11) is 0. The maximum Gasteiger partial charge on any atom is 0.417 e. The first-order valence-corrected chi connectivity index (χ1v) is 13.6. The molecule has 43 heavy (non-hydrogen) atoms. The zero-order chi connectivity index (χ0) is 30.4. The van der Waals surface area contributed by atoms with Crippen LogP contribution in [0.15, 0.2) is 91.0 Å². The highest BCUT2D eigenvalue weighted by molar-refractivity contribution is 5.99. The summed E-state index contributed by atoms with van der Waals surface area (Å²) in [6.45, 7) is -1.28. The van der Waals surface area contributed by atoms with Crippen molar-refractivity contribution >= 4 is 29.8 Å². The third-order valence-corrected chi connectivity index (χ3v) is 7.21. The molecule has 0 aliphatic carbocycles. The smallest absolute Gasteiger partial charge is 0.417 e. The average Bonchev–Trinajstić information content (AvgIpc) is 3.60. The first-order chi connectivity index (χ1) is 20.8. The molecule has 2 N–H and O–H groups in total. The van der Waals surface area contributed by atoms with Gasteiger partial charge in [-0.15, -0.1) is 0 Å². The fourth-order valence-electron chi connectivity index (χ4n) is 5.17. The summed E-state index contributed by atoms with van der Waals surface area (Å²) in [4.78, 5) is 76.5. The maximum absolute atomic E-state index is 13.9. The number of hydrogen-bond donors (Lipinski definition) is 1. The number of hydroxylamine groups is 2. The van der Waals surface area contributed by atoms with Crippen molar-refractivity contribution < 1.29 is 43.1 Å². The van der Waals surface area contributed by atoms with Gasteiger partial charge in [0, 0.05) is 12.8 Å². The summed E-state index contributed by atoms with van der Waals surface area (Å²) < 4.78 is 11.0. The Hall–Kier alpha value is -5.07. The highest BCUT2D eigenvalue weighted by Gasteiger charge is 2.57. The molecule has 2 aliphatic heterocycles. The number of imide groups is 1. The lowest BCUT2D eigenvalue weighted by Gasteiger charge is -2.34. The summed E-state index contributed by atoms with van der Waals surface area (Å²) >= 11 is 0. The Morgan fingerprint density at radius 1 is 0.930 bits per heavy atom. The van der Waals surface area contributed by atoms with Crippen LogP contribution < -0.4 is 5.73 Å². The molecule has 0 radical (unpaired) electrons. The van der Waals surface area contributed by atoms with E-state index in [0.717, 1.165) is 0 Å². The minimum atomic E-state index is -1.84. The van der Waals surface area contributed by atoms with Crippen LogP contribution in [-0.2, 0) is 44.9 Å². The number of carbonyl (C=O) groups is 5. The van der Waals surface area contributed by atoms with Crippen LogP contribution in [0.2, 0.25) is 0 Å². The number of amides is 3. The molecular formula is C31H29N3O9. The highest BCUT2D eigenvalue weighted by atomic mass is 17.0. The molecule has 0 aromatic heterocycles. The summed E-state index contributed by atoms with van der Waals surface area (Å²) in [6, 6.07) is 25.2. The number of benzene rings is 3. The standard InChI is InChI=1S/C31H29N3O9/c32-18-25(35)33(30(39)40-19-21-10-4-1-5-11-21)24-20-41-34(28(24)37)43-29(38)31(17-16-26(36)42-31)27(22-12-6-2-7-13-22)23-14-8-3-9-15-23/h1-15,24,27H,16-20,32H2/t24-,31?/m0/s1. The Morgan fingerprint density at radius 2 is 1.51 bits per heavy atom. The Bertz CT molecular complexity index is 1450. The molecule has 0 bridgehead atoms. The van der Waals surface area contributed by atoms with E-state index >= 15 is 0 Å². The van der Waals surface area contributed by atoms with E-state index in [-0.39, 0.29) is 19.4 Å². The van der Waals surface area contributed by atoms with Gasteiger partial charge in [-0.3, -0.25) is 14.4 Å². The lowest BCUT2D eigenvalue weighted by Crippen LogP contribution is -2.53. The monoisotopic (exact) mass is 587 g/mol. The normalized spacial score (nSPS) is 19.7. The molecule has 0 spiro atoms. The van der Waals surface area contributed by atoms with Gasteiger partial charge in [-0.2, -0.15) is 0 Å². The largest absolute Gasteiger partial charge is 0.446 e. The molecule has 12 heteroatoms. The van der Waals surface area contributed by atoms with Crippen molar-refractivity contribution in [1.82, 2.24) is 10.1 Å². The van der Waals surface area contributed by atoms with E-state index < -0.39 is 60.6 Å². The van der Waals surface area contributed by atoms with E-state index in [1.807, 2.05) is 12.1 Å². The number of nitrogens with two attached hydrogens (primary N) is 1. The van der Waals surface area contributed by atoms with Gasteiger partial charge in [-0.1, -0.05) is 91.0 Å². The number of hydrogen-bond acceptors (Lipinski definition) is 10. The molecule has 3 aromatic rings. The van der Waals surface area contributed by atoms with Gasteiger partial charge in [0.1, 0.15) is 13.2 Å². The van der Waals surface area contributed by atoms with Crippen LogP contribution in [0.4, 0.5) is 4.79 Å². The van der Waals surface area contributed by atoms with Gasteiger partial charge in [0.25, 0.3) is 0 Å². The SMILES string of the molecule is NCC(=O)N(C(=O)OCc1ccccc1)[C@H]1CON(OC(=O)C2(C(c3ccccc3)c3ccccc3)CCC(=O)O2)C1=O. The van der Waals surface area contributed by atoms with E-state index in [2.05, 4.69) is 0 Å². The van der Waals surface area contributed by atoms with Crippen molar-refractivity contribution in [2.24, 2.45) is 5.73 Å². The number of esters is 1. The van der Waals surface area contributed by atoms with Gasteiger partial charge in [0.2, 0.25) is 11.5 Å². The molecule has 2 atom stereocenters. The second-order valence-electron chi connectivity index (χ2n) is 9.91. The molecule has 12 nitrogen and oxygen atoms in total. The summed E-state index contributed by atoms with van der Waals surface area (Å²) in [5.41, 5.74) is 5.66. The molecule has 2 saturated heterocycles. The van der Waals surface area contributed by atoms with Gasteiger partial charge in [-0.25, -0.2) is 19.3 Å². The van der Waals surface area contributed by atoms with E-state index in [1.54, 1.807) is 78.9 Å². The van der Waals surface area contributed by atoms with Gasteiger partial charge in [-0.05, 0) is 21.9 Å². The highest BCUT2D eigenvalue weighted by Crippen LogP contribution is 2.45. The third kappa shape index (κ3) is 6.10. The van der Waals surface area contributed by atoms with Gasteiger partial charge in [0.15, 0.2) is 6.04 Å². The van der Waals surface area contributed by atoms with Crippen molar-refractivity contribution in [3.8, 4) is 0 Å². The van der Waals surface area contributed by atoms with E-state index in [9.17, 15) is 24.0 Å². The molecule has 2 fully saturated rings. The van der Waals surface area contributed by atoms with Crippen molar-refractivity contribution in [3.63, 3.8) is 0 Å². The summed E-state index contributed by atoms with van der Waals surface area (Å²) in [6.07, 6.45) is -1.22. The maximum atomic E-state index is 13.9. The van der Waals surface area contributed by atoms with Crippen LogP contribution in [0.3, 0.4) is 0 Å². The predicted molar refractivity (Wildman–Crippen MR) is 148 cm³/mol. The van der Waals surface area contributed by atoms with Crippen LogP contribution in [0.5, 0.6) is 0 Å². The number of nitrogens with zero attached hydrogens (tertiary/aromatic N) is 2. The van der Waals surface area contributed by atoms with Crippen molar-refractivity contribution in [2.75, 3.05) is 13.2 Å². The molecule has 222 valence electrons. The zero-order valence-corrected chi connectivity index (χ0v) is 23.0. The Balaban J connectivity index is 1.38. The topological polar surface area (TPSA) is 155 Å². The van der Waals surface area contributed by atoms with E-state index in [4.69, 9.17) is 24.9 Å². The molecule has 1 unspecified atom stereocenters. The Morgan fingerprint density at radius 3 is 2.05 bits per heavy atom. The summed E-state index contributed by atoms with van der Waals surface area (Å²) in [5.74, 6) is -4.38. The first-order valence-electron chi connectivity index (χ1n) is 13.6. The minimum Gasteiger partial charge on any atom is -0.446 e. The van der Waals surface area contributed by atoms with E-state index in [0.29, 0.717) is 26.8 Å². The Kier molecular flexibility index (Phi) is 8.79. The van der Waals surface area contributed by atoms with Crippen molar-refractivity contribution in [2.45, 2.75) is 37.0 Å². The molecule has 3 amide bonds. The molecule has 3 aromatic carbocycles. The quantitative estimate of drug-likeness (QED) is 0.370.